The van der Waals surface area contributed by atoms with Crippen molar-refractivity contribution in [3.8, 4) is 0 Å². The van der Waals surface area contributed by atoms with Gasteiger partial charge in [-0.1, -0.05) is 12.1 Å². The van der Waals surface area contributed by atoms with Crippen molar-refractivity contribution in [1.82, 2.24) is 9.97 Å². The minimum atomic E-state index is -0.195. The fraction of sp³-hybridized carbons (Fsp3) is 0.444. The molecular formula is C18H22FN3O. The fourth-order valence-electron chi connectivity index (χ4n) is 3.11. The van der Waals surface area contributed by atoms with E-state index < -0.39 is 0 Å². The number of hydrogen-bond donors (Lipinski definition) is 1. The van der Waals surface area contributed by atoms with Gasteiger partial charge in [0, 0.05) is 31.4 Å². The lowest BCUT2D eigenvalue weighted by molar-refractivity contribution is 0.0542. The second-order valence-electron chi connectivity index (χ2n) is 6.20. The second kappa shape index (κ2) is 6.62. The number of rotatable bonds is 4. The molecule has 2 aromatic rings. The number of aryl methyl sites for hydroxylation is 2. The van der Waals surface area contributed by atoms with Crippen LogP contribution in [0.2, 0.25) is 0 Å². The number of nitrogens with zero attached hydrogens (tertiary/aromatic N) is 2. The first kappa shape index (κ1) is 15.9. The highest BCUT2D eigenvalue weighted by molar-refractivity contribution is 5.41. The highest BCUT2D eigenvalue weighted by Crippen LogP contribution is 2.35. The van der Waals surface area contributed by atoms with E-state index in [1.807, 2.05) is 19.9 Å². The molecule has 1 fully saturated rings. The van der Waals surface area contributed by atoms with Gasteiger partial charge in [-0.3, -0.25) is 4.98 Å². The summed E-state index contributed by atoms with van der Waals surface area (Å²) in [5.74, 6) is 0.604. The van der Waals surface area contributed by atoms with Gasteiger partial charge < -0.3 is 10.1 Å². The standard InChI is InChI=1S/C18H22FN3O/c1-13-11-20-14(2)17(22-13)21-12-18(6-8-23-9-7-18)15-4-3-5-16(19)10-15/h3-5,10-11H,6-9,12H2,1-2H3,(H,21,22). The van der Waals surface area contributed by atoms with Crippen molar-refractivity contribution in [2.45, 2.75) is 32.1 Å². The lowest BCUT2D eigenvalue weighted by Crippen LogP contribution is -2.40. The van der Waals surface area contributed by atoms with Gasteiger partial charge in [0.2, 0.25) is 0 Å². The van der Waals surface area contributed by atoms with Crippen LogP contribution >= 0.6 is 0 Å². The molecule has 3 rings (SSSR count). The predicted octanol–water partition coefficient (Wildman–Crippen LogP) is 3.39. The van der Waals surface area contributed by atoms with E-state index in [1.165, 1.54) is 6.07 Å². The van der Waals surface area contributed by atoms with E-state index in [4.69, 9.17) is 4.74 Å². The zero-order chi connectivity index (χ0) is 16.3. The van der Waals surface area contributed by atoms with E-state index in [2.05, 4.69) is 15.3 Å². The Labute approximate surface area is 136 Å². The van der Waals surface area contributed by atoms with Crippen molar-refractivity contribution in [2.24, 2.45) is 0 Å². The molecule has 0 atom stereocenters. The van der Waals surface area contributed by atoms with Crippen LogP contribution in [0.15, 0.2) is 30.5 Å². The maximum atomic E-state index is 13.7. The first-order valence-electron chi connectivity index (χ1n) is 7.97. The van der Waals surface area contributed by atoms with Crippen LogP contribution in [0, 0.1) is 19.7 Å². The molecule has 0 spiro atoms. The molecule has 2 heterocycles. The Morgan fingerprint density at radius 3 is 2.78 bits per heavy atom. The summed E-state index contributed by atoms with van der Waals surface area (Å²) in [6.45, 7) is 5.94. The molecule has 4 nitrogen and oxygen atoms in total. The number of anilines is 1. The zero-order valence-corrected chi connectivity index (χ0v) is 13.6. The van der Waals surface area contributed by atoms with Crippen LogP contribution in [0.25, 0.3) is 0 Å². The maximum absolute atomic E-state index is 13.7. The van der Waals surface area contributed by atoms with Gasteiger partial charge in [0.15, 0.2) is 0 Å². The van der Waals surface area contributed by atoms with Crippen molar-refractivity contribution in [3.63, 3.8) is 0 Å². The average Bonchev–Trinajstić information content (AvgIpc) is 2.56. The predicted molar refractivity (Wildman–Crippen MR) is 88.1 cm³/mol. The summed E-state index contributed by atoms with van der Waals surface area (Å²) in [5.41, 5.74) is 2.63. The molecule has 1 aromatic heterocycles. The highest BCUT2D eigenvalue weighted by atomic mass is 19.1. The highest BCUT2D eigenvalue weighted by Gasteiger charge is 2.34. The number of hydrogen-bond acceptors (Lipinski definition) is 4. The molecule has 0 bridgehead atoms. The average molecular weight is 315 g/mol. The maximum Gasteiger partial charge on any atom is 0.147 e. The van der Waals surface area contributed by atoms with Crippen LogP contribution in [0.4, 0.5) is 10.2 Å². The Morgan fingerprint density at radius 2 is 2.04 bits per heavy atom. The molecule has 0 unspecified atom stereocenters. The molecular weight excluding hydrogens is 293 g/mol. The van der Waals surface area contributed by atoms with Crippen LogP contribution in [0.3, 0.4) is 0 Å². The molecule has 23 heavy (non-hydrogen) atoms. The first-order chi connectivity index (χ1) is 11.1. The topological polar surface area (TPSA) is 47.0 Å². The molecule has 1 aliphatic rings. The summed E-state index contributed by atoms with van der Waals surface area (Å²) >= 11 is 0. The molecule has 0 saturated carbocycles. The van der Waals surface area contributed by atoms with Crippen LogP contribution in [0.1, 0.15) is 29.8 Å². The van der Waals surface area contributed by atoms with Crippen LogP contribution < -0.4 is 5.32 Å². The number of aromatic nitrogens is 2. The Balaban J connectivity index is 1.86. The lowest BCUT2D eigenvalue weighted by atomic mass is 9.74. The number of nitrogens with one attached hydrogen (secondary N) is 1. The number of ether oxygens (including phenoxy) is 1. The van der Waals surface area contributed by atoms with Gasteiger partial charge in [-0.2, -0.15) is 0 Å². The summed E-state index contributed by atoms with van der Waals surface area (Å²) in [6.07, 6.45) is 3.49. The summed E-state index contributed by atoms with van der Waals surface area (Å²) in [6, 6.07) is 6.91. The molecule has 0 aliphatic carbocycles. The Bertz CT molecular complexity index is 684. The van der Waals surface area contributed by atoms with Gasteiger partial charge in [0.1, 0.15) is 11.6 Å². The first-order valence-corrected chi connectivity index (χ1v) is 7.97. The molecule has 1 N–H and O–H groups in total. The molecule has 1 aliphatic heterocycles. The second-order valence-corrected chi connectivity index (χ2v) is 6.20. The largest absolute Gasteiger partial charge is 0.381 e. The third-order valence-corrected chi connectivity index (χ3v) is 4.56. The van der Waals surface area contributed by atoms with Gasteiger partial charge in [-0.25, -0.2) is 9.37 Å². The summed E-state index contributed by atoms with van der Waals surface area (Å²) < 4.78 is 19.2. The SMILES string of the molecule is Cc1cnc(C)c(NCC2(c3cccc(F)c3)CCOCC2)n1. The Hall–Kier alpha value is -2.01. The van der Waals surface area contributed by atoms with E-state index >= 15 is 0 Å². The van der Waals surface area contributed by atoms with Crippen LogP contribution in [-0.2, 0) is 10.2 Å². The summed E-state index contributed by atoms with van der Waals surface area (Å²) in [5, 5.41) is 3.43. The van der Waals surface area contributed by atoms with Gasteiger partial charge in [-0.05, 0) is 44.4 Å². The Morgan fingerprint density at radius 1 is 1.26 bits per heavy atom. The normalized spacial score (nSPS) is 17.0. The molecule has 122 valence electrons. The van der Waals surface area contributed by atoms with E-state index in [0.29, 0.717) is 19.8 Å². The molecule has 5 heteroatoms. The minimum absolute atomic E-state index is 0.141. The molecule has 1 saturated heterocycles. The third-order valence-electron chi connectivity index (χ3n) is 4.56. The van der Waals surface area contributed by atoms with Gasteiger partial charge in [0.25, 0.3) is 0 Å². The fourth-order valence-corrected chi connectivity index (χ4v) is 3.11. The summed E-state index contributed by atoms with van der Waals surface area (Å²) in [4.78, 5) is 8.86. The lowest BCUT2D eigenvalue weighted by Gasteiger charge is -2.38. The van der Waals surface area contributed by atoms with Gasteiger partial charge in [-0.15, -0.1) is 0 Å². The van der Waals surface area contributed by atoms with Crippen molar-refractivity contribution in [3.05, 3.63) is 53.2 Å². The quantitative estimate of drug-likeness (QED) is 0.939. The van der Waals surface area contributed by atoms with Crippen molar-refractivity contribution >= 4 is 5.82 Å². The summed E-state index contributed by atoms with van der Waals surface area (Å²) in [7, 11) is 0. The van der Waals surface area contributed by atoms with Crippen LogP contribution in [0.5, 0.6) is 0 Å². The van der Waals surface area contributed by atoms with Gasteiger partial charge in [0.05, 0.1) is 11.4 Å². The van der Waals surface area contributed by atoms with Crippen molar-refractivity contribution in [2.75, 3.05) is 25.1 Å². The smallest absolute Gasteiger partial charge is 0.147 e. The van der Waals surface area contributed by atoms with E-state index in [1.54, 1.807) is 18.3 Å². The number of halogens is 1. The van der Waals surface area contributed by atoms with Crippen molar-refractivity contribution in [1.29, 1.82) is 0 Å². The third kappa shape index (κ3) is 3.50. The van der Waals surface area contributed by atoms with Crippen LogP contribution in [-0.4, -0.2) is 29.7 Å². The van der Waals surface area contributed by atoms with Crippen molar-refractivity contribution < 1.29 is 9.13 Å². The molecule has 0 radical (unpaired) electrons. The zero-order valence-electron chi connectivity index (χ0n) is 13.6. The molecule has 0 amide bonds. The molecule has 1 aromatic carbocycles. The Kier molecular flexibility index (Phi) is 4.57. The van der Waals surface area contributed by atoms with E-state index in [9.17, 15) is 4.39 Å². The van der Waals surface area contributed by atoms with E-state index in [0.717, 1.165) is 35.6 Å². The van der Waals surface area contributed by atoms with E-state index in [-0.39, 0.29) is 11.2 Å². The number of benzene rings is 1. The minimum Gasteiger partial charge on any atom is -0.381 e. The van der Waals surface area contributed by atoms with Gasteiger partial charge >= 0.3 is 0 Å². The monoisotopic (exact) mass is 315 g/mol.